The van der Waals surface area contributed by atoms with E-state index in [9.17, 15) is 4.79 Å². The average molecular weight is 389 g/mol. The van der Waals surface area contributed by atoms with E-state index in [1.807, 2.05) is 36.4 Å². The van der Waals surface area contributed by atoms with Crippen LogP contribution in [0.2, 0.25) is 5.02 Å². The van der Waals surface area contributed by atoms with Crippen LogP contribution in [-0.4, -0.2) is 43.2 Å². The van der Waals surface area contributed by atoms with Crippen molar-refractivity contribution in [2.45, 2.75) is 32.0 Å². The van der Waals surface area contributed by atoms with Gasteiger partial charge in [-0.1, -0.05) is 23.7 Å². The molecule has 6 heteroatoms. The lowest BCUT2D eigenvalue weighted by molar-refractivity contribution is -0.122. The fraction of sp³-hybridized carbons (Fsp3) is 0.381. The van der Waals surface area contributed by atoms with E-state index >= 15 is 0 Å². The molecule has 1 aliphatic rings. The summed E-state index contributed by atoms with van der Waals surface area (Å²) in [5, 5.41) is 3.33. The van der Waals surface area contributed by atoms with Crippen LogP contribution in [-0.2, 0) is 4.79 Å². The van der Waals surface area contributed by atoms with Crippen molar-refractivity contribution in [2.24, 2.45) is 0 Å². The van der Waals surface area contributed by atoms with E-state index in [0.717, 1.165) is 31.7 Å². The Morgan fingerprint density at radius 1 is 1.15 bits per heavy atom. The van der Waals surface area contributed by atoms with E-state index in [2.05, 4.69) is 17.3 Å². The lowest BCUT2D eigenvalue weighted by atomic mass is 10.1. The average Bonchev–Trinajstić information content (AvgIpc) is 2.67. The number of hydrogen-bond donors (Lipinski definition) is 1. The Morgan fingerprint density at radius 2 is 1.81 bits per heavy atom. The summed E-state index contributed by atoms with van der Waals surface area (Å²) in [6.45, 7) is 3.81. The largest absolute Gasteiger partial charge is 0.490 e. The number of carbonyl (C=O) groups excluding carboxylic acids is 1. The number of benzene rings is 2. The van der Waals surface area contributed by atoms with Crippen LogP contribution >= 0.6 is 11.6 Å². The van der Waals surface area contributed by atoms with Gasteiger partial charge in [0.1, 0.15) is 17.6 Å². The molecular formula is C21H25ClN2O3. The van der Waals surface area contributed by atoms with Crippen LogP contribution in [0.3, 0.4) is 0 Å². The smallest absolute Gasteiger partial charge is 0.265 e. The highest BCUT2D eigenvalue weighted by atomic mass is 35.5. The number of para-hydroxylation sites is 1. The number of anilines is 1. The lowest BCUT2D eigenvalue weighted by Gasteiger charge is -2.29. The highest BCUT2D eigenvalue weighted by molar-refractivity contribution is 6.32. The molecule has 0 radical (unpaired) electrons. The Labute approximate surface area is 165 Å². The zero-order valence-corrected chi connectivity index (χ0v) is 16.4. The minimum absolute atomic E-state index is 0.237. The Morgan fingerprint density at radius 3 is 2.48 bits per heavy atom. The molecule has 0 aliphatic carbocycles. The molecule has 0 aromatic heterocycles. The molecule has 1 fully saturated rings. The molecule has 0 saturated carbocycles. The third-order valence-electron chi connectivity index (χ3n) is 4.60. The summed E-state index contributed by atoms with van der Waals surface area (Å²) in [6.07, 6.45) is 1.66. The predicted molar refractivity (Wildman–Crippen MR) is 108 cm³/mol. The van der Waals surface area contributed by atoms with Gasteiger partial charge in [0.15, 0.2) is 6.10 Å². The third-order valence-corrected chi connectivity index (χ3v) is 4.91. The maximum Gasteiger partial charge on any atom is 0.265 e. The van der Waals surface area contributed by atoms with Crippen molar-refractivity contribution in [3.8, 4) is 11.5 Å². The zero-order valence-electron chi connectivity index (χ0n) is 15.7. The molecular weight excluding hydrogens is 364 g/mol. The quantitative estimate of drug-likeness (QED) is 0.805. The van der Waals surface area contributed by atoms with Gasteiger partial charge >= 0.3 is 0 Å². The first kappa shape index (κ1) is 19.5. The van der Waals surface area contributed by atoms with Crippen LogP contribution in [0.15, 0.2) is 48.5 Å². The van der Waals surface area contributed by atoms with Gasteiger partial charge in [0.05, 0.1) is 5.02 Å². The molecule has 1 amide bonds. The highest BCUT2D eigenvalue weighted by Gasteiger charge is 2.19. The molecule has 3 rings (SSSR count). The fourth-order valence-electron chi connectivity index (χ4n) is 2.94. The number of likely N-dealkylation sites (tertiary alicyclic amines) is 1. The Kier molecular flexibility index (Phi) is 6.58. The summed E-state index contributed by atoms with van der Waals surface area (Å²) in [7, 11) is 2.13. The molecule has 2 aromatic carbocycles. The van der Waals surface area contributed by atoms with Gasteiger partial charge in [0.2, 0.25) is 0 Å². The van der Waals surface area contributed by atoms with Gasteiger partial charge in [-0.3, -0.25) is 4.79 Å². The first-order chi connectivity index (χ1) is 13.0. The van der Waals surface area contributed by atoms with E-state index in [1.54, 1.807) is 19.1 Å². The summed E-state index contributed by atoms with van der Waals surface area (Å²) in [5.74, 6) is 1.07. The zero-order chi connectivity index (χ0) is 19.2. The van der Waals surface area contributed by atoms with Gasteiger partial charge in [-0.25, -0.2) is 0 Å². The lowest BCUT2D eigenvalue weighted by Crippen LogP contribution is -2.35. The number of piperidine rings is 1. The number of amides is 1. The van der Waals surface area contributed by atoms with Crippen molar-refractivity contribution in [1.29, 1.82) is 0 Å². The topological polar surface area (TPSA) is 50.8 Å². The minimum Gasteiger partial charge on any atom is -0.490 e. The van der Waals surface area contributed by atoms with E-state index < -0.39 is 6.10 Å². The Bertz CT molecular complexity index is 758. The van der Waals surface area contributed by atoms with Crippen LogP contribution in [0.1, 0.15) is 19.8 Å². The molecule has 0 bridgehead atoms. The maximum atomic E-state index is 12.3. The number of hydrogen-bond acceptors (Lipinski definition) is 4. The van der Waals surface area contributed by atoms with E-state index in [4.69, 9.17) is 21.1 Å². The van der Waals surface area contributed by atoms with Crippen LogP contribution in [0.5, 0.6) is 11.5 Å². The first-order valence-corrected chi connectivity index (χ1v) is 9.56. The normalized spacial score (nSPS) is 16.6. The molecule has 1 N–H and O–H groups in total. The summed E-state index contributed by atoms with van der Waals surface area (Å²) in [6, 6.07) is 14.5. The minimum atomic E-state index is -0.667. The maximum absolute atomic E-state index is 12.3. The first-order valence-electron chi connectivity index (χ1n) is 9.18. The predicted octanol–water partition coefficient (Wildman–Crippen LogP) is 4.22. The molecule has 144 valence electrons. The second kappa shape index (κ2) is 9.11. The van der Waals surface area contributed by atoms with Crippen molar-refractivity contribution < 1.29 is 14.3 Å². The summed E-state index contributed by atoms with van der Waals surface area (Å²) < 4.78 is 11.7. The molecule has 5 nitrogen and oxygen atoms in total. The number of halogens is 1. The molecule has 1 aliphatic heterocycles. The number of carbonyl (C=O) groups is 1. The molecule has 2 aromatic rings. The van der Waals surface area contributed by atoms with Crippen molar-refractivity contribution in [1.82, 2.24) is 4.90 Å². The van der Waals surface area contributed by atoms with Gasteiger partial charge in [-0.05, 0) is 63.2 Å². The summed E-state index contributed by atoms with van der Waals surface area (Å²) in [4.78, 5) is 14.7. The second-order valence-electron chi connectivity index (χ2n) is 6.82. The second-order valence-corrected chi connectivity index (χ2v) is 7.23. The Balaban J connectivity index is 1.51. The fourth-order valence-corrected chi connectivity index (χ4v) is 3.12. The van der Waals surface area contributed by atoms with Gasteiger partial charge in [0, 0.05) is 18.8 Å². The number of nitrogens with one attached hydrogen (secondary N) is 1. The van der Waals surface area contributed by atoms with Crippen molar-refractivity contribution in [2.75, 3.05) is 25.5 Å². The van der Waals surface area contributed by atoms with Crippen molar-refractivity contribution >= 4 is 23.2 Å². The summed E-state index contributed by atoms with van der Waals surface area (Å²) in [5.41, 5.74) is 0.699. The van der Waals surface area contributed by atoms with Gasteiger partial charge in [-0.15, -0.1) is 0 Å². The van der Waals surface area contributed by atoms with Crippen molar-refractivity contribution in [3.63, 3.8) is 0 Å². The molecule has 0 spiro atoms. The molecule has 1 atom stereocenters. The number of ether oxygens (including phenoxy) is 2. The molecule has 0 unspecified atom stereocenters. The van der Waals surface area contributed by atoms with Crippen LogP contribution in [0.4, 0.5) is 5.69 Å². The molecule has 27 heavy (non-hydrogen) atoms. The standard InChI is InChI=1S/C21H25ClN2O3/c1-15(26-20-6-4-3-5-19(20)22)21(25)23-16-7-9-17(10-8-16)27-18-11-13-24(2)14-12-18/h3-10,15,18H,11-14H2,1-2H3,(H,23,25)/t15-/m1/s1. The molecule has 1 heterocycles. The monoisotopic (exact) mass is 388 g/mol. The third kappa shape index (κ3) is 5.62. The highest BCUT2D eigenvalue weighted by Crippen LogP contribution is 2.25. The van der Waals surface area contributed by atoms with Crippen LogP contribution in [0, 0.1) is 0 Å². The number of rotatable bonds is 6. The van der Waals surface area contributed by atoms with E-state index in [-0.39, 0.29) is 12.0 Å². The van der Waals surface area contributed by atoms with Gasteiger partial charge in [-0.2, -0.15) is 0 Å². The van der Waals surface area contributed by atoms with Crippen LogP contribution in [0.25, 0.3) is 0 Å². The SMILES string of the molecule is C[C@@H](Oc1ccccc1Cl)C(=O)Nc1ccc(OC2CCN(C)CC2)cc1. The molecule has 1 saturated heterocycles. The van der Waals surface area contributed by atoms with Gasteiger partial charge < -0.3 is 19.7 Å². The van der Waals surface area contributed by atoms with Crippen LogP contribution < -0.4 is 14.8 Å². The van der Waals surface area contributed by atoms with Crippen molar-refractivity contribution in [3.05, 3.63) is 53.6 Å². The Hall–Kier alpha value is -2.24. The van der Waals surface area contributed by atoms with Gasteiger partial charge in [0.25, 0.3) is 5.91 Å². The number of nitrogens with zero attached hydrogens (tertiary/aromatic N) is 1. The van der Waals surface area contributed by atoms with E-state index in [0.29, 0.717) is 16.5 Å². The van der Waals surface area contributed by atoms with E-state index in [1.165, 1.54) is 0 Å². The summed E-state index contributed by atoms with van der Waals surface area (Å²) >= 11 is 6.07.